The predicted molar refractivity (Wildman–Crippen MR) is 84.6 cm³/mol. The van der Waals surface area contributed by atoms with Crippen LogP contribution < -0.4 is 0 Å². The van der Waals surface area contributed by atoms with Crippen LogP contribution in [0.2, 0.25) is 0 Å². The lowest BCUT2D eigenvalue weighted by Gasteiger charge is -2.14. The van der Waals surface area contributed by atoms with E-state index in [0.717, 1.165) is 32.8 Å². The highest BCUT2D eigenvalue weighted by Crippen LogP contribution is 2.28. The van der Waals surface area contributed by atoms with Crippen molar-refractivity contribution in [3.8, 4) is 0 Å². The molecule has 0 N–H and O–H groups in total. The van der Waals surface area contributed by atoms with Gasteiger partial charge >= 0.3 is 0 Å². The molecular weight excluding hydrogens is 258 g/mol. The van der Waals surface area contributed by atoms with Crippen molar-refractivity contribution in [1.82, 2.24) is 4.90 Å². The van der Waals surface area contributed by atoms with Gasteiger partial charge in [0.15, 0.2) is 0 Å². The number of benzene rings is 2. The quantitative estimate of drug-likeness (QED) is 0.849. The third-order valence-electron chi connectivity index (χ3n) is 4.32. The van der Waals surface area contributed by atoms with Gasteiger partial charge in [-0.2, -0.15) is 0 Å². The van der Waals surface area contributed by atoms with Gasteiger partial charge in [0, 0.05) is 19.6 Å². The maximum Gasteiger partial charge on any atom is 0.0724 e. The summed E-state index contributed by atoms with van der Waals surface area (Å²) in [6.07, 6.45) is 2.19. The van der Waals surface area contributed by atoms with Crippen LogP contribution in [0.5, 0.6) is 0 Å². The molecule has 2 heteroatoms. The topological polar surface area (TPSA) is 12.5 Å². The van der Waals surface area contributed by atoms with E-state index in [4.69, 9.17) is 4.74 Å². The van der Waals surface area contributed by atoms with Crippen LogP contribution in [0.15, 0.2) is 54.6 Å². The van der Waals surface area contributed by atoms with E-state index in [0.29, 0.717) is 0 Å². The molecule has 2 nitrogen and oxygen atoms in total. The lowest BCUT2D eigenvalue weighted by Crippen LogP contribution is -2.15. The molecule has 0 bridgehead atoms. The van der Waals surface area contributed by atoms with Crippen molar-refractivity contribution in [2.45, 2.75) is 19.6 Å². The first-order valence-electron chi connectivity index (χ1n) is 7.54. The minimum atomic E-state index is 0.756. The summed E-state index contributed by atoms with van der Waals surface area (Å²) in [5, 5.41) is 0. The van der Waals surface area contributed by atoms with E-state index in [1.54, 1.807) is 0 Å². The van der Waals surface area contributed by atoms with E-state index < -0.39 is 0 Å². The first kappa shape index (κ1) is 12.8. The Morgan fingerprint density at radius 2 is 1.81 bits per heavy atom. The van der Waals surface area contributed by atoms with Gasteiger partial charge in [0.25, 0.3) is 0 Å². The van der Waals surface area contributed by atoms with Crippen LogP contribution in [0.4, 0.5) is 0 Å². The summed E-state index contributed by atoms with van der Waals surface area (Å²) in [6, 6.07) is 17.6. The van der Waals surface area contributed by atoms with E-state index in [1.807, 2.05) is 0 Å². The zero-order valence-electron chi connectivity index (χ0n) is 12.1. The van der Waals surface area contributed by atoms with Crippen LogP contribution in [0, 0.1) is 0 Å². The van der Waals surface area contributed by atoms with Gasteiger partial charge in [0.2, 0.25) is 0 Å². The largest absolute Gasteiger partial charge is 0.373 e. The van der Waals surface area contributed by atoms with Crippen LogP contribution in [0.25, 0.3) is 5.57 Å². The molecule has 21 heavy (non-hydrogen) atoms. The fraction of sp³-hybridized carbons (Fsp3) is 0.263. The Balaban J connectivity index is 1.51. The highest BCUT2D eigenvalue weighted by molar-refractivity contribution is 5.68. The Morgan fingerprint density at radius 3 is 2.62 bits per heavy atom. The van der Waals surface area contributed by atoms with Crippen LogP contribution >= 0.6 is 0 Å². The fourth-order valence-electron chi connectivity index (χ4n) is 3.21. The monoisotopic (exact) mass is 277 g/mol. The lowest BCUT2D eigenvalue weighted by atomic mass is 10.0. The Morgan fingerprint density at radius 1 is 0.952 bits per heavy atom. The number of hydrogen-bond donors (Lipinski definition) is 0. The maximum atomic E-state index is 5.43. The van der Waals surface area contributed by atoms with Crippen molar-refractivity contribution in [1.29, 1.82) is 0 Å². The minimum absolute atomic E-state index is 0.756. The van der Waals surface area contributed by atoms with Crippen molar-refractivity contribution < 1.29 is 4.74 Å². The molecular formula is C19H19NO. The van der Waals surface area contributed by atoms with Gasteiger partial charge in [-0.25, -0.2) is 0 Å². The molecule has 2 aromatic rings. The summed E-state index contributed by atoms with van der Waals surface area (Å²) in [5.41, 5.74) is 6.98. The number of nitrogens with zero attached hydrogens (tertiary/aromatic N) is 1. The molecule has 0 amide bonds. The van der Waals surface area contributed by atoms with Gasteiger partial charge in [0.1, 0.15) is 0 Å². The second-order valence-electron chi connectivity index (χ2n) is 5.86. The van der Waals surface area contributed by atoms with Crippen molar-refractivity contribution in [3.63, 3.8) is 0 Å². The Hall–Kier alpha value is -1.90. The molecule has 0 atom stereocenters. The zero-order valence-corrected chi connectivity index (χ0v) is 12.1. The van der Waals surface area contributed by atoms with Crippen molar-refractivity contribution in [2.24, 2.45) is 0 Å². The standard InChI is InChI=1S/C19H19NO/c1-2-4-15(5-3-1)11-20-12-17-7-6-16(10-19(17)13-20)18-8-9-21-14-18/h1-8,10H,9,11-14H2. The van der Waals surface area contributed by atoms with Gasteiger partial charge < -0.3 is 4.74 Å². The van der Waals surface area contributed by atoms with Crippen LogP contribution in [-0.2, 0) is 24.4 Å². The smallest absolute Gasteiger partial charge is 0.0724 e. The van der Waals surface area contributed by atoms with E-state index >= 15 is 0 Å². The molecule has 2 aliphatic heterocycles. The summed E-state index contributed by atoms with van der Waals surface area (Å²) < 4.78 is 5.43. The SMILES string of the molecule is C1=C(c2ccc3c(c2)CN(Cc2ccccc2)C3)COC1. The van der Waals surface area contributed by atoms with Crippen molar-refractivity contribution >= 4 is 5.57 Å². The second kappa shape index (κ2) is 5.47. The van der Waals surface area contributed by atoms with E-state index in [9.17, 15) is 0 Å². The Labute approximate surface area is 125 Å². The molecule has 0 fully saturated rings. The molecule has 0 aromatic heterocycles. The summed E-state index contributed by atoms with van der Waals surface area (Å²) in [5.74, 6) is 0. The lowest BCUT2D eigenvalue weighted by molar-refractivity contribution is 0.216. The minimum Gasteiger partial charge on any atom is -0.373 e. The van der Waals surface area contributed by atoms with Gasteiger partial charge in [-0.1, -0.05) is 48.5 Å². The summed E-state index contributed by atoms with van der Waals surface area (Å²) in [7, 11) is 0. The van der Waals surface area contributed by atoms with Crippen LogP contribution in [0.1, 0.15) is 22.3 Å². The van der Waals surface area contributed by atoms with Crippen LogP contribution in [-0.4, -0.2) is 18.1 Å². The zero-order chi connectivity index (χ0) is 14.1. The average Bonchev–Trinajstić information content (AvgIpc) is 3.16. The van der Waals surface area contributed by atoms with Gasteiger partial charge in [-0.3, -0.25) is 4.90 Å². The Kier molecular flexibility index (Phi) is 3.34. The normalized spacial score (nSPS) is 17.8. The Bertz CT molecular complexity index is 675. The number of fused-ring (bicyclic) bond motifs is 1. The molecule has 106 valence electrons. The molecule has 0 aliphatic carbocycles. The third-order valence-corrected chi connectivity index (χ3v) is 4.32. The van der Waals surface area contributed by atoms with Crippen molar-refractivity contribution in [3.05, 3.63) is 76.9 Å². The van der Waals surface area contributed by atoms with Gasteiger partial charge in [0.05, 0.1) is 13.2 Å². The third kappa shape index (κ3) is 2.65. The summed E-state index contributed by atoms with van der Waals surface area (Å²) >= 11 is 0. The molecule has 0 radical (unpaired) electrons. The van der Waals surface area contributed by atoms with Crippen LogP contribution in [0.3, 0.4) is 0 Å². The van der Waals surface area contributed by atoms with E-state index in [1.165, 1.54) is 27.8 Å². The first-order chi connectivity index (χ1) is 10.4. The second-order valence-corrected chi connectivity index (χ2v) is 5.86. The molecule has 0 saturated heterocycles. The molecule has 0 saturated carbocycles. The van der Waals surface area contributed by atoms with Gasteiger partial charge in [-0.05, 0) is 33.9 Å². The first-order valence-corrected chi connectivity index (χ1v) is 7.54. The maximum absolute atomic E-state index is 5.43. The number of rotatable bonds is 3. The molecule has 2 aromatic carbocycles. The molecule has 4 rings (SSSR count). The molecule has 2 heterocycles. The number of ether oxygens (including phenoxy) is 1. The summed E-state index contributed by atoms with van der Waals surface area (Å²) in [4.78, 5) is 2.50. The predicted octanol–water partition coefficient (Wildman–Crippen LogP) is 3.62. The molecule has 0 spiro atoms. The summed E-state index contributed by atoms with van der Waals surface area (Å²) in [6.45, 7) is 4.64. The highest BCUT2D eigenvalue weighted by atomic mass is 16.5. The van der Waals surface area contributed by atoms with Gasteiger partial charge in [-0.15, -0.1) is 0 Å². The molecule has 2 aliphatic rings. The van der Waals surface area contributed by atoms with E-state index in [2.05, 4.69) is 59.5 Å². The van der Waals surface area contributed by atoms with E-state index in [-0.39, 0.29) is 0 Å². The fourth-order valence-corrected chi connectivity index (χ4v) is 3.21. The molecule has 0 unspecified atom stereocenters. The average molecular weight is 277 g/mol. The number of hydrogen-bond acceptors (Lipinski definition) is 2. The van der Waals surface area contributed by atoms with Crippen molar-refractivity contribution in [2.75, 3.05) is 13.2 Å². The highest BCUT2D eigenvalue weighted by Gasteiger charge is 2.20.